The van der Waals surface area contributed by atoms with E-state index in [1.165, 1.54) is 12.1 Å². The van der Waals surface area contributed by atoms with E-state index in [4.69, 9.17) is 16.7 Å². The molecule has 0 spiro atoms. The van der Waals surface area contributed by atoms with Gasteiger partial charge in [0.1, 0.15) is 5.82 Å². The highest BCUT2D eigenvalue weighted by Crippen LogP contribution is 2.31. The summed E-state index contributed by atoms with van der Waals surface area (Å²) < 4.78 is 13.9. The summed E-state index contributed by atoms with van der Waals surface area (Å²) in [6, 6.07) is 3.89. The van der Waals surface area contributed by atoms with Crippen LogP contribution in [-0.2, 0) is 4.79 Å². The molecule has 1 fully saturated rings. The predicted molar refractivity (Wildman–Crippen MR) is 71.8 cm³/mol. The highest BCUT2D eigenvalue weighted by Gasteiger charge is 2.27. The Kier molecular flexibility index (Phi) is 4.77. The highest BCUT2D eigenvalue weighted by atomic mass is 35.5. The van der Waals surface area contributed by atoms with E-state index in [-0.39, 0.29) is 12.2 Å². The average molecular weight is 286 g/mol. The number of carbonyl (C=O) groups is 1. The predicted octanol–water partition coefficient (Wildman–Crippen LogP) is 3.48. The Morgan fingerprint density at radius 3 is 2.68 bits per heavy atom. The highest BCUT2D eigenvalue weighted by molar-refractivity contribution is 6.30. The lowest BCUT2D eigenvalue weighted by Gasteiger charge is -2.34. The van der Waals surface area contributed by atoms with E-state index < -0.39 is 12.0 Å². The Labute approximate surface area is 117 Å². The Hall–Kier alpha value is -1.13. The normalized spacial score (nSPS) is 18.2. The number of nitrogens with zero attached hydrogens (tertiary/aromatic N) is 1. The smallest absolute Gasteiger partial charge is 0.305 e. The van der Waals surface area contributed by atoms with Gasteiger partial charge in [-0.3, -0.25) is 9.69 Å². The molecule has 1 atom stereocenters. The van der Waals surface area contributed by atoms with E-state index in [9.17, 15) is 9.18 Å². The molecule has 1 aliphatic rings. The maximum atomic E-state index is 13.9. The zero-order chi connectivity index (χ0) is 13.8. The topological polar surface area (TPSA) is 40.5 Å². The summed E-state index contributed by atoms with van der Waals surface area (Å²) in [6.07, 6.45) is 3.10. The molecule has 1 aliphatic heterocycles. The molecule has 1 N–H and O–H groups in total. The second-order valence-corrected chi connectivity index (χ2v) is 5.31. The van der Waals surface area contributed by atoms with Gasteiger partial charge in [-0.05, 0) is 44.1 Å². The van der Waals surface area contributed by atoms with Crippen LogP contribution in [-0.4, -0.2) is 29.1 Å². The summed E-state index contributed by atoms with van der Waals surface area (Å²) in [6.45, 7) is 1.62. The fourth-order valence-electron chi connectivity index (χ4n) is 2.60. The van der Waals surface area contributed by atoms with Gasteiger partial charge in [0.25, 0.3) is 0 Å². The molecule has 1 aromatic rings. The molecule has 3 nitrogen and oxygen atoms in total. The van der Waals surface area contributed by atoms with Gasteiger partial charge in [0.15, 0.2) is 0 Å². The number of piperidine rings is 1. The van der Waals surface area contributed by atoms with Gasteiger partial charge in [-0.15, -0.1) is 0 Å². The van der Waals surface area contributed by atoms with Crippen LogP contribution in [0.25, 0.3) is 0 Å². The van der Waals surface area contributed by atoms with Crippen LogP contribution in [0.4, 0.5) is 4.39 Å². The van der Waals surface area contributed by atoms with Crippen molar-refractivity contribution in [3.05, 3.63) is 34.6 Å². The number of likely N-dealkylation sites (tertiary alicyclic amines) is 1. The fraction of sp³-hybridized carbons (Fsp3) is 0.500. The van der Waals surface area contributed by atoms with Gasteiger partial charge in [0, 0.05) is 16.6 Å². The molecule has 0 amide bonds. The van der Waals surface area contributed by atoms with Crippen LogP contribution in [0.15, 0.2) is 18.2 Å². The molecule has 1 aromatic carbocycles. The van der Waals surface area contributed by atoms with Crippen molar-refractivity contribution in [2.45, 2.75) is 31.7 Å². The minimum atomic E-state index is -0.921. The summed E-state index contributed by atoms with van der Waals surface area (Å²) in [4.78, 5) is 13.1. The molecule has 5 heteroatoms. The Bertz CT molecular complexity index is 461. The molecule has 1 saturated heterocycles. The lowest BCUT2D eigenvalue weighted by Crippen LogP contribution is -2.35. The van der Waals surface area contributed by atoms with Crippen molar-refractivity contribution in [1.29, 1.82) is 0 Å². The van der Waals surface area contributed by atoms with Crippen LogP contribution >= 0.6 is 11.6 Å². The Morgan fingerprint density at radius 1 is 1.37 bits per heavy atom. The second kappa shape index (κ2) is 6.35. The molecule has 104 valence electrons. The standard InChI is InChI=1S/C14H17ClFNO2/c15-10-4-5-12(16)11(8-10)13(9-14(18)19)17-6-2-1-3-7-17/h4-5,8,13H,1-3,6-7,9H2,(H,18,19). The van der Waals surface area contributed by atoms with Gasteiger partial charge in [0.05, 0.1) is 6.42 Å². The van der Waals surface area contributed by atoms with Crippen LogP contribution < -0.4 is 0 Å². The van der Waals surface area contributed by atoms with Crippen LogP contribution in [0.1, 0.15) is 37.3 Å². The van der Waals surface area contributed by atoms with Crippen molar-refractivity contribution in [2.24, 2.45) is 0 Å². The van der Waals surface area contributed by atoms with E-state index >= 15 is 0 Å². The summed E-state index contributed by atoms with van der Waals surface area (Å²) >= 11 is 5.90. The van der Waals surface area contributed by atoms with Crippen LogP contribution in [0.5, 0.6) is 0 Å². The van der Waals surface area contributed by atoms with Gasteiger partial charge < -0.3 is 5.11 Å². The SMILES string of the molecule is O=C(O)CC(c1cc(Cl)ccc1F)N1CCCCC1. The van der Waals surface area contributed by atoms with Crippen molar-refractivity contribution >= 4 is 17.6 Å². The molecule has 1 unspecified atom stereocenters. The number of aliphatic carboxylic acids is 1. The molecular formula is C14H17ClFNO2. The Morgan fingerprint density at radius 2 is 2.05 bits per heavy atom. The molecule has 19 heavy (non-hydrogen) atoms. The number of carboxylic acids is 1. The summed E-state index contributed by atoms with van der Waals surface area (Å²) in [5.41, 5.74) is 0.386. The van der Waals surface area contributed by atoms with E-state index in [0.29, 0.717) is 10.6 Å². The molecule has 0 radical (unpaired) electrons. The average Bonchev–Trinajstić information content (AvgIpc) is 2.40. The molecule has 2 rings (SSSR count). The third-order valence-corrected chi connectivity index (χ3v) is 3.75. The first-order valence-electron chi connectivity index (χ1n) is 6.48. The van der Waals surface area contributed by atoms with Gasteiger partial charge in [-0.25, -0.2) is 4.39 Å². The first-order valence-corrected chi connectivity index (χ1v) is 6.86. The van der Waals surface area contributed by atoms with Gasteiger partial charge in [0.2, 0.25) is 0 Å². The van der Waals surface area contributed by atoms with E-state index in [2.05, 4.69) is 0 Å². The number of benzene rings is 1. The van der Waals surface area contributed by atoms with Crippen molar-refractivity contribution in [1.82, 2.24) is 4.90 Å². The zero-order valence-corrected chi connectivity index (χ0v) is 11.4. The lowest BCUT2D eigenvalue weighted by molar-refractivity contribution is -0.138. The van der Waals surface area contributed by atoms with E-state index in [0.717, 1.165) is 32.4 Å². The van der Waals surface area contributed by atoms with Crippen molar-refractivity contribution < 1.29 is 14.3 Å². The number of carboxylic acid groups (broad SMARTS) is 1. The summed E-state index contributed by atoms with van der Waals surface area (Å²) in [5, 5.41) is 9.49. The van der Waals surface area contributed by atoms with Crippen molar-refractivity contribution in [3.8, 4) is 0 Å². The zero-order valence-electron chi connectivity index (χ0n) is 10.6. The number of hydrogen-bond acceptors (Lipinski definition) is 2. The molecule has 0 aromatic heterocycles. The maximum absolute atomic E-state index is 13.9. The largest absolute Gasteiger partial charge is 0.481 e. The number of rotatable bonds is 4. The fourth-order valence-corrected chi connectivity index (χ4v) is 2.78. The minimum absolute atomic E-state index is 0.0999. The second-order valence-electron chi connectivity index (χ2n) is 4.88. The first kappa shape index (κ1) is 14.3. The van der Waals surface area contributed by atoms with Gasteiger partial charge >= 0.3 is 5.97 Å². The quantitative estimate of drug-likeness (QED) is 0.921. The van der Waals surface area contributed by atoms with Gasteiger partial charge in [-0.1, -0.05) is 18.0 Å². The maximum Gasteiger partial charge on any atom is 0.305 e. The minimum Gasteiger partial charge on any atom is -0.481 e. The summed E-state index contributed by atoms with van der Waals surface area (Å²) in [5.74, 6) is -1.31. The van der Waals surface area contributed by atoms with Crippen molar-refractivity contribution in [2.75, 3.05) is 13.1 Å². The third-order valence-electron chi connectivity index (χ3n) is 3.52. The van der Waals surface area contributed by atoms with Crippen LogP contribution in [0, 0.1) is 5.82 Å². The molecule has 1 heterocycles. The number of halogens is 2. The van der Waals surface area contributed by atoms with E-state index in [1.54, 1.807) is 6.07 Å². The molecule has 0 bridgehead atoms. The molecule has 0 aliphatic carbocycles. The Balaban J connectivity index is 2.29. The summed E-state index contributed by atoms with van der Waals surface area (Å²) in [7, 11) is 0. The van der Waals surface area contributed by atoms with Crippen LogP contribution in [0.2, 0.25) is 5.02 Å². The number of hydrogen-bond donors (Lipinski definition) is 1. The first-order chi connectivity index (χ1) is 9.08. The third kappa shape index (κ3) is 3.67. The van der Waals surface area contributed by atoms with Crippen molar-refractivity contribution in [3.63, 3.8) is 0 Å². The van der Waals surface area contributed by atoms with Crippen LogP contribution in [0.3, 0.4) is 0 Å². The lowest BCUT2D eigenvalue weighted by atomic mass is 9.98. The van der Waals surface area contributed by atoms with E-state index in [1.807, 2.05) is 4.90 Å². The molecule has 0 saturated carbocycles. The monoisotopic (exact) mass is 285 g/mol. The van der Waals surface area contributed by atoms with Gasteiger partial charge in [-0.2, -0.15) is 0 Å². The molecular weight excluding hydrogens is 269 g/mol.